The molecule has 1 heterocycles. The van der Waals surface area contributed by atoms with E-state index in [-0.39, 0.29) is 30.3 Å². The van der Waals surface area contributed by atoms with Crippen LogP contribution in [-0.4, -0.2) is 30.5 Å². The van der Waals surface area contributed by atoms with Crippen LogP contribution in [0.4, 0.5) is 0 Å². The van der Waals surface area contributed by atoms with Crippen molar-refractivity contribution in [2.24, 2.45) is 5.92 Å². The van der Waals surface area contributed by atoms with E-state index in [2.05, 4.69) is 31.0 Å². The number of likely N-dealkylation sites (N-methyl/N-ethyl adjacent to an activating group) is 1. The highest BCUT2D eigenvalue weighted by molar-refractivity contribution is 5.85. The molecule has 1 aromatic rings. The van der Waals surface area contributed by atoms with E-state index in [0.29, 0.717) is 0 Å². The van der Waals surface area contributed by atoms with Crippen molar-refractivity contribution >= 4 is 18.4 Å². The molecule has 0 amide bonds. The number of rotatable bonds is 3. The van der Waals surface area contributed by atoms with E-state index in [1.54, 1.807) is 0 Å². The molecule has 1 saturated heterocycles. The number of carbonyl (C=O) groups excluding carboxylic acids is 1. The van der Waals surface area contributed by atoms with Crippen molar-refractivity contribution in [1.82, 2.24) is 4.90 Å². The first-order valence-electron chi connectivity index (χ1n) is 6.96. The molecule has 112 valence electrons. The normalized spacial score (nSPS) is 26.4. The van der Waals surface area contributed by atoms with Crippen LogP contribution < -0.4 is 0 Å². The van der Waals surface area contributed by atoms with Gasteiger partial charge in [-0.3, -0.25) is 9.69 Å². The molecule has 4 heteroatoms. The van der Waals surface area contributed by atoms with Gasteiger partial charge in [0.05, 0.1) is 12.0 Å². The molecular weight excluding hydrogens is 274 g/mol. The molecule has 2 atom stereocenters. The van der Waals surface area contributed by atoms with Gasteiger partial charge < -0.3 is 4.74 Å². The average Bonchev–Trinajstić information content (AvgIpc) is 2.69. The van der Waals surface area contributed by atoms with Crippen LogP contribution in [0.1, 0.15) is 32.8 Å². The summed E-state index contributed by atoms with van der Waals surface area (Å²) < 4.78 is 5.95. The van der Waals surface area contributed by atoms with Crippen molar-refractivity contribution in [2.45, 2.75) is 38.8 Å². The number of nitrogens with zero attached hydrogens (tertiary/aromatic N) is 1. The summed E-state index contributed by atoms with van der Waals surface area (Å²) in [5.74, 6) is -0.218. The first kappa shape index (κ1) is 17.0. The zero-order chi connectivity index (χ0) is 14.0. The third kappa shape index (κ3) is 2.99. The standard InChI is InChI=1S/C16H23NO2.ClH/c1-12(2)15(18)19-16(10-11-17(4)13(16)3)14-8-6-5-7-9-14;/h5-9,12-13H,10-11H2,1-4H3;1H. The van der Waals surface area contributed by atoms with Gasteiger partial charge >= 0.3 is 5.97 Å². The van der Waals surface area contributed by atoms with Crippen LogP contribution in [-0.2, 0) is 15.1 Å². The summed E-state index contributed by atoms with van der Waals surface area (Å²) >= 11 is 0. The number of carbonyl (C=O) groups is 1. The smallest absolute Gasteiger partial charge is 0.309 e. The van der Waals surface area contributed by atoms with Crippen LogP contribution >= 0.6 is 12.4 Å². The number of ether oxygens (including phenoxy) is 1. The monoisotopic (exact) mass is 297 g/mol. The van der Waals surface area contributed by atoms with Crippen LogP contribution in [0.2, 0.25) is 0 Å². The molecule has 0 aliphatic carbocycles. The van der Waals surface area contributed by atoms with Gasteiger partial charge in [0.25, 0.3) is 0 Å². The van der Waals surface area contributed by atoms with Crippen molar-refractivity contribution in [3.05, 3.63) is 35.9 Å². The zero-order valence-electron chi connectivity index (χ0n) is 12.6. The lowest BCUT2D eigenvalue weighted by Gasteiger charge is -2.35. The maximum Gasteiger partial charge on any atom is 0.309 e. The fraction of sp³-hybridized carbons (Fsp3) is 0.562. The van der Waals surface area contributed by atoms with Crippen LogP contribution in [0.15, 0.2) is 30.3 Å². The quantitative estimate of drug-likeness (QED) is 0.802. The van der Waals surface area contributed by atoms with Crippen molar-refractivity contribution < 1.29 is 9.53 Å². The molecule has 0 aromatic heterocycles. The Bertz CT molecular complexity index is 449. The zero-order valence-corrected chi connectivity index (χ0v) is 13.4. The molecule has 0 spiro atoms. The minimum atomic E-state index is -0.503. The molecule has 0 N–H and O–H groups in total. The molecular formula is C16H24ClNO2. The molecule has 20 heavy (non-hydrogen) atoms. The fourth-order valence-corrected chi connectivity index (χ4v) is 2.70. The summed E-state index contributed by atoms with van der Waals surface area (Å²) in [6.45, 7) is 6.84. The third-order valence-electron chi connectivity index (χ3n) is 4.19. The first-order chi connectivity index (χ1) is 8.97. The molecule has 1 aliphatic rings. The largest absolute Gasteiger partial charge is 0.452 e. The highest BCUT2D eigenvalue weighted by Gasteiger charge is 2.48. The summed E-state index contributed by atoms with van der Waals surface area (Å²) in [7, 11) is 2.08. The van der Waals surface area contributed by atoms with Crippen molar-refractivity contribution in [1.29, 1.82) is 0 Å². The van der Waals surface area contributed by atoms with E-state index in [1.165, 1.54) is 0 Å². The van der Waals surface area contributed by atoms with Gasteiger partial charge in [0.15, 0.2) is 5.60 Å². The highest BCUT2D eigenvalue weighted by Crippen LogP contribution is 2.41. The summed E-state index contributed by atoms with van der Waals surface area (Å²) in [4.78, 5) is 14.3. The molecule has 2 unspecified atom stereocenters. The Morgan fingerprint density at radius 3 is 2.40 bits per heavy atom. The summed E-state index contributed by atoms with van der Waals surface area (Å²) in [5, 5.41) is 0. The molecule has 3 nitrogen and oxygen atoms in total. The first-order valence-corrected chi connectivity index (χ1v) is 6.96. The second kappa shape index (κ2) is 6.59. The molecule has 1 fully saturated rings. The van der Waals surface area contributed by atoms with E-state index in [1.807, 2.05) is 32.0 Å². The van der Waals surface area contributed by atoms with Gasteiger partial charge in [-0.25, -0.2) is 0 Å². The molecule has 2 rings (SSSR count). The average molecular weight is 298 g/mol. The number of likely N-dealkylation sites (tertiary alicyclic amines) is 1. The lowest BCUT2D eigenvalue weighted by molar-refractivity contribution is -0.167. The molecule has 1 aromatic carbocycles. The van der Waals surface area contributed by atoms with Crippen molar-refractivity contribution in [2.75, 3.05) is 13.6 Å². The predicted molar refractivity (Wildman–Crippen MR) is 83.0 cm³/mol. The minimum absolute atomic E-state index is 0. The van der Waals surface area contributed by atoms with E-state index in [9.17, 15) is 4.79 Å². The molecule has 1 aliphatic heterocycles. The maximum absolute atomic E-state index is 12.1. The van der Waals surface area contributed by atoms with Gasteiger partial charge in [-0.15, -0.1) is 12.4 Å². The number of hydrogen-bond donors (Lipinski definition) is 0. The molecule has 0 bridgehead atoms. The fourth-order valence-electron chi connectivity index (χ4n) is 2.70. The number of halogens is 1. The van der Waals surface area contributed by atoms with E-state index >= 15 is 0 Å². The van der Waals surface area contributed by atoms with Crippen LogP contribution in [0.25, 0.3) is 0 Å². The Hall–Kier alpha value is -1.06. The second-order valence-corrected chi connectivity index (χ2v) is 5.74. The van der Waals surface area contributed by atoms with Gasteiger partial charge in [-0.1, -0.05) is 44.2 Å². The van der Waals surface area contributed by atoms with E-state index in [4.69, 9.17) is 4.74 Å². The summed E-state index contributed by atoms with van der Waals surface area (Å²) in [6.07, 6.45) is 0.854. The van der Waals surface area contributed by atoms with Crippen LogP contribution in [0.3, 0.4) is 0 Å². The Morgan fingerprint density at radius 1 is 1.35 bits per heavy atom. The SMILES string of the molecule is CC(C)C(=O)OC1(c2ccccc2)CCN(C)C1C.Cl. The van der Waals surface area contributed by atoms with Crippen LogP contribution in [0, 0.1) is 5.92 Å². The summed E-state index contributed by atoms with van der Waals surface area (Å²) in [5.41, 5.74) is 0.595. The maximum atomic E-state index is 12.1. The lowest BCUT2D eigenvalue weighted by atomic mass is 9.86. The van der Waals surface area contributed by atoms with Crippen molar-refractivity contribution in [3.8, 4) is 0 Å². The molecule has 0 saturated carbocycles. The number of hydrogen-bond acceptors (Lipinski definition) is 3. The van der Waals surface area contributed by atoms with Crippen LogP contribution in [0.5, 0.6) is 0 Å². The summed E-state index contributed by atoms with van der Waals surface area (Å²) in [6, 6.07) is 10.3. The number of benzene rings is 1. The Kier molecular flexibility index (Phi) is 5.60. The van der Waals surface area contributed by atoms with E-state index < -0.39 is 5.60 Å². The van der Waals surface area contributed by atoms with Gasteiger partial charge in [0.2, 0.25) is 0 Å². The lowest BCUT2D eigenvalue weighted by Crippen LogP contribution is -2.43. The number of esters is 1. The van der Waals surface area contributed by atoms with Gasteiger partial charge in [0.1, 0.15) is 0 Å². The van der Waals surface area contributed by atoms with Gasteiger partial charge in [-0.05, 0) is 19.5 Å². The van der Waals surface area contributed by atoms with Crippen molar-refractivity contribution in [3.63, 3.8) is 0 Å². The van der Waals surface area contributed by atoms with Gasteiger partial charge in [-0.2, -0.15) is 0 Å². The third-order valence-corrected chi connectivity index (χ3v) is 4.19. The van der Waals surface area contributed by atoms with E-state index in [0.717, 1.165) is 18.5 Å². The Labute approximate surface area is 127 Å². The predicted octanol–water partition coefficient (Wildman–Crippen LogP) is 3.23. The minimum Gasteiger partial charge on any atom is -0.452 e. The highest BCUT2D eigenvalue weighted by atomic mass is 35.5. The topological polar surface area (TPSA) is 29.5 Å². The van der Waals surface area contributed by atoms with Gasteiger partial charge in [0, 0.05) is 13.0 Å². The Morgan fingerprint density at radius 2 is 1.95 bits per heavy atom. The second-order valence-electron chi connectivity index (χ2n) is 5.74. The molecule has 0 radical (unpaired) electrons. The Balaban J connectivity index is 0.00000200.